The standard InChI is InChI=1S/C18H23ClN2O/c1-11(2)22-16-8-7-13(9-14(16)19)15-10-20-12(3)17(21-15)18(4,5)6/h7-11H,1-6H3. The molecule has 0 N–H and O–H groups in total. The third-order valence-corrected chi connectivity index (χ3v) is 3.55. The molecular formula is C18H23ClN2O. The predicted octanol–water partition coefficient (Wildman–Crippen LogP) is 5.19. The van der Waals surface area contributed by atoms with Gasteiger partial charge in [-0.05, 0) is 39.0 Å². The Kier molecular flexibility index (Phi) is 4.76. The lowest BCUT2D eigenvalue weighted by atomic mass is 9.90. The van der Waals surface area contributed by atoms with E-state index in [9.17, 15) is 0 Å². The normalized spacial score (nSPS) is 11.8. The second-order valence-electron chi connectivity index (χ2n) is 6.75. The van der Waals surface area contributed by atoms with Gasteiger partial charge < -0.3 is 4.74 Å². The maximum absolute atomic E-state index is 6.31. The molecule has 0 amide bonds. The van der Waals surface area contributed by atoms with Gasteiger partial charge in [0.2, 0.25) is 0 Å². The van der Waals surface area contributed by atoms with Crippen LogP contribution in [0.1, 0.15) is 46.0 Å². The molecule has 0 aliphatic heterocycles. The zero-order valence-corrected chi connectivity index (χ0v) is 14.8. The quantitative estimate of drug-likeness (QED) is 0.781. The van der Waals surface area contributed by atoms with E-state index in [1.165, 1.54) is 0 Å². The van der Waals surface area contributed by atoms with E-state index in [0.29, 0.717) is 10.8 Å². The molecule has 1 aromatic heterocycles. The molecule has 0 spiro atoms. The summed E-state index contributed by atoms with van der Waals surface area (Å²) in [7, 11) is 0. The van der Waals surface area contributed by atoms with E-state index in [4.69, 9.17) is 21.3 Å². The van der Waals surface area contributed by atoms with Crippen molar-refractivity contribution in [3.8, 4) is 17.0 Å². The van der Waals surface area contributed by atoms with Crippen molar-refractivity contribution >= 4 is 11.6 Å². The molecule has 0 saturated carbocycles. The van der Waals surface area contributed by atoms with E-state index in [2.05, 4.69) is 25.8 Å². The van der Waals surface area contributed by atoms with E-state index in [1.807, 2.05) is 39.0 Å². The summed E-state index contributed by atoms with van der Waals surface area (Å²) in [6, 6.07) is 5.73. The fourth-order valence-corrected chi connectivity index (χ4v) is 2.53. The first kappa shape index (κ1) is 16.8. The van der Waals surface area contributed by atoms with Gasteiger partial charge in [0.1, 0.15) is 5.75 Å². The fraction of sp³-hybridized carbons (Fsp3) is 0.444. The molecule has 2 aromatic rings. The van der Waals surface area contributed by atoms with Crippen LogP contribution in [0.2, 0.25) is 5.02 Å². The van der Waals surface area contributed by atoms with Crippen LogP contribution < -0.4 is 4.74 Å². The molecule has 4 heteroatoms. The summed E-state index contributed by atoms with van der Waals surface area (Å²) in [5.41, 5.74) is 3.69. The largest absolute Gasteiger partial charge is 0.489 e. The number of halogens is 1. The molecule has 0 radical (unpaired) electrons. The van der Waals surface area contributed by atoms with Crippen LogP contribution in [0.3, 0.4) is 0 Å². The SMILES string of the molecule is Cc1ncc(-c2ccc(OC(C)C)c(Cl)c2)nc1C(C)(C)C. The summed E-state index contributed by atoms with van der Waals surface area (Å²) in [5.74, 6) is 0.691. The number of hydrogen-bond donors (Lipinski definition) is 0. The molecule has 0 saturated heterocycles. The molecule has 1 heterocycles. The predicted molar refractivity (Wildman–Crippen MR) is 91.7 cm³/mol. The van der Waals surface area contributed by atoms with Crippen molar-refractivity contribution in [2.45, 2.75) is 53.1 Å². The van der Waals surface area contributed by atoms with Crippen molar-refractivity contribution in [2.24, 2.45) is 0 Å². The molecule has 0 fully saturated rings. The Morgan fingerprint density at radius 1 is 1.18 bits per heavy atom. The molecule has 22 heavy (non-hydrogen) atoms. The van der Waals surface area contributed by atoms with Gasteiger partial charge in [-0.15, -0.1) is 0 Å². The van der Waals surface area contributed by atoms with Crippen molar-refractivity contribution in [2.75, 3.05) is 0 Å². The monoisotopic (exact) mass is 318 g/mol. The van der Waals surface area contributed by atoms with Gasteiger partial charge in [0.15, 0.2) is 0 Å². The molecular weight excluding hydrogens is 296 g/mol. The highest BCUT2D eigenvalue weighted by molar-refractivity contribution is 6.32. The van der Waals surface area contributed by atoms with Crippen LogP contribution in [-0.4, -0.2) is 16.1 Å². The Morgan fingerprint density at radius 3 is 2.41 bits per heavy atom. The van der Waals surface area contributed by atoms with Gasteiger partial charge in [-0.3, -0.25) is 4.98 Å². The zero-order valence-electron chi connectivity index (χ0n) is 14.1. The molecule has 0 aliphatic carbocycles. The van der Waals surface area contributed by atoms with Gasteiger partial charge in [-0.25, -0.2) is 4.98 Å². The second kappa shape index (κ2) is 6.25. The van der Waals surface area contributed by atoms with Crippen LogP contribution in [0.4, 0.5) is 0 Å². The lowest BCUT2D eigenvalue weighted by Crippen LogP contribution is -2.16. The smallest absolute Gasteiger partial charge is 0.138 e. The van der Waals surface area contributed by atoms with Gasteiger partial charge in [-0.1, -0.05) is 32.4 Å². The highest BCUT2D eigenvalue weighted by Gasteiger charge is 2.20. The van der Waals surface area contributed by atoms with E-state index in [0.717, 1.165) is 22.6 Å². The van der Waals surface area contributed by atoms with Gasteiger partial charge in [0, 0.05) is 11.0 Å². The van der Waals surface area contributed by atoms with Crippen molar-refractivity contribution in [1.82, 2.24) is 9.97 Å². The average Bonchev–Trinajstić information content (AvgIpc) is 2.40. The Morgan fingerprint density at radius 2 is 1.86 bits per heavy atom. The number of ether oxygens (including phenoxy) is 1. The summed E-state index contributed by atoms with van der Waals surface area (Å²) in [4.78, 5) is 9.27. The molecule has 0 aliphatic rings. The zero-order chi connectivity index (χ0) is 16.5. The highest BCUT2D eigenvalue weighted by atomic mass is 35.5. The number of aromatic nitrogens is 2. The lowest BCUT2D eigenvalue weighted by Gasteiger charge is -2.20. The summed E-state index contributed by atoms with van der Waals surface area (Å²) in [5, 5.41) is 0.589. The van der Waals surface area contributed by atoms with E-state index < -0.39 is 0 Å². The van der Waals surface area contributed by atoms with Crippen LogP contribution >= 0.6 is 11.6 Å². The van der Waals surface area contributed by atoms with Gasteiger partial charge in [0.05, 0.1) is 34.4 Å². The Bertz CT molecular complexity index is 675. The average molecular weight is 319 g/mol. The molecule has 0 unspecified atom stereocenters. The second-order valence-corrected chi connectivity index (χ2v) is 7.16. The lowest BCUT2D eigenvalue weighted by molar-refractivity contribution is 0.242. The van der Waals surface area contributed by atoms with Crippen LogP contribution in [0.5, 0.6) is 5.75 Å². The topological polar surface area (TPSA) is 35.0 Å². The summed E-state index contributed by atoms with van der Waals surface area (Å²) in [6.45, 7) is 12.4. The first-order valence-electron chi connectivity index (χ1n) is 7.49. The molecule has 1 aromatic carbocycles. The fourth-order valence-electron chi connectivity index (χ4n) is 2.31. The van der Waals surface area contributed by atoms with Gasteiger partial charge >= 0.3 is 0 Å². The molecule has 118 valence electrons. The van der Waals surface area contributed by atoms with Crippen LogP contribution in [0, 0.1) is 6.92 Å². The first-order chi connectivity index (χ1) is 10.2. The van der Waals surface area contributed by atoms with Crippen molar-refractivity contribution in [3.05, 3.63) is 40.8 Å². The van der Waals surface area contributed by atoms with Crippen LogP contribution in [0.25, 0.3) is 11.3 Å². The third-order valence-electron chi connectivity index (χ3n) is 3.26. The summed E-state index contributed by atoms with van der Waals surface area (Å²) < 4.78 is 5.66. The minimum atomic E-state index is -0.0441. The molecule has 3 nitrogen and oxygen atoms in total. The Hall–Kier alpha value is -1.61. The maximum atomic E-state index is 6.31. The number of nitrogens with zero attached hydrogens (tertiary/aromatic N) is 2. The number of benzene rings is 1. The number of aryl methyl sites for hydroxylation is 1. The number of hydrogen-bond acceptors (Lipinski definition) is 3. The van der Waals surface area contributed by atoms with Gasteiger partial charge in [-0.2, -0.15) is 0 Å². The Balaban J connectivity index is 2.43. The minimum absolute atomic E-state index is 0.0441. The van der Waals surface area contributed by atoms with E-state index >= 15 is 0 Å². The van der Waals surface area contributed by atoms with Crippen molar-refractivity contribution in [3.63, 3.8) is 0 Å². The summed E-state index contributed by atoms with van der Waals surface area (Å²) >= 11 is 6.31. The molecule has 0 bridgehead atoms. The summed E-state index contributed by atoms with van der Waals surface area (Å²) in [6.07, 6.45) is 1.88. The third kappa shape index (κ3) is 3.77. The van der Waals surface area contributed by atoms with Crippen LogP contribution in [-0.2, 0) is 5.41 Å². The maximum Gasteiger partial charge on any atom is 0.138 e. The van der Waals surface area contributed by atoms with E-state index in [1.54, 1.807) is 6.20 Å². The van der Waals surface area contributed by atoms with E-state index in [-0.39, 0.29) is 11.5 Å². The molecule has 0 atom stereocenters. The van der Waals surface area contributed by atoms with Crippen molar-refractivity contribution in [1.29, 1.82) is 0 Å². The minimum Gasteiger partial charge on any atom is -0.489 e. The number of rotatable bonds is 3. The highest BCUT2D eigenvalue weighted by Crippen LogP contribution is 2.31. The van der Waals surface area contributed by atoms with Crippen molar-refractivity contribution < 1.29 is 4.74 Å². The first-order valence-corrected chi connectivity index (χ1v) is 7.87. The van der Waals surface area contributed by atoms with Gasteiger partial charge in [0.25, 0.3) is 0 Å². The van der Waals surface area contributed by atoms with Crippen LogP contribution in [0.15, 0.2) is 24.4 Å². The Labute approximate surface area is 137 Å². The molecule has 2 rings (SSSR count).